The Bertz CT molecular complexity index is 911. The maximum absolute atomic E-state index is 13.5. The molecule has 132 valence electrons. The van der Waals surface area contributed by atoms with Crippen LogP contribution in [0.4, 0.5) is 4.39 Å². The molecule has 3 rings (SSSR count). The Morgan fingerprint density at radius 2 is 1.96 bits per heavy atom. The van der Waals surface area contributed by atoms with Gasteiger partial charge < -0.3 is 4.74 Å². The number of ether oxygens (including phenoxy) is 1. The van der Waals surface area contributed by atoms with Crippen LogP contribution in [0.25, 0.3) is 5.69 Å². The third-order valence-electron chi connectivity index (χ3n) is 3.38. The van der Waals surface area contributed by atoms with Crippen LogP contribution >= 0.6 is 0 Å². The van der Waals surface area contributed by atoms with Crippen LogP contribution in [0.3, 0.4) is 0 Å². The number of nitrogens with zero attached hydrogens (tertiary/aromatic N) is 4. The molecular formula is C18H16FN5O2. The van der Waals surface area contributed by atoms with E-state index in [2.05, 4.69) is 20.7 Å². The topological polar surface area (TPSA) is 81.4 Å². The van der Waals surface area contributed by atoms with Crippen LogP contribution in [0.2, 0.25) is 0 Å². The summed E-state index contributed by atoms with van der Waals surface area (Å²) in [7, 11) is 0. The van der Waals surface area contributed by atoms with Crippen LogP contribution < -0.4 is 10.2 Å². The fourth-order valence-corrected chi connectivity index (χ4v) is 2.06. The zero-order chi connectivity index (χ0) is 18.4. The van der Waals surface area contributed by atoms with Gasteiger partial charge in [-0.25, -0.2) is 9.82 Å². The van der Waals surface area contributed by atoms with Gasteiger partial charge in [-0.05, 0) is 31.2 Å². The number of hydrazone groups is 1. The largest absolute Gasteiger partial charge is 0.478 e. The minimum atomic E-state index is -0.913. The van der Waals surface area contributed by atoms with E-state index in [4.69, 9.17) is 4.74 Å². The Labute approximate surface area is 149 Å². The maximum atomic E-state index is 13.5. The van der Waals surface area contributed by atoms with Crippen molar-refractivity contribution in [2.24, 2.45) is 5.10 Å². The van der Waals surface area contributed by atoms with Gasteiger partial charge >= 0.3 is 0 Å². The van der Waals surface area contributed by atoms with Crippen LogP contribution in [0.1, 0.15) is 12.6 Å². The standard InChI is InChI=1S/C18H16FN5O2/c1-13(26-17-10-6-5-9-16(17)19)18(25)22-20-11-14-12-21-24(23-14)15-7-3-2-4-8-15/h2-13H,1H3,(H,22,25)/b20-11-/t13-/m1/s1. The van der Waals surface area contributed by atoms with E-state index in [1.165, 1.54) is 36.3 Å². The van der Waals surface area contributed by atoms with E-state index in [1.54, 1.807) is 12.1 Å². The molecule has 1 atom stereocenters. The number of para-hydroxylation sites is 2. The van der Waals surface area contributed by atoms with Gasteiger partial charge in [0.2, 0.25) is 0 Å². The SMILES string of the molecule is C[C@@H](Oc1ccccc1F)C(=O)N/N=C\c1cnn(-c2ccccc2)n1. The number of halogens is 1. The van der Waals surface area contributed by atoms with E-state index in [1.807, 2.05) is 30.3 Å². The molecule has 0 radical (unpaired) electrons. The van der Waals surface area contributed by atoms with E-state index in [-0.39, 0.29) is 5.75 Å². The highest BCUT2D eigenvalue weighted by molar-refractivity contribution is 5.83. The normalized spacial score (nSPS) is 12.1. The average Bonchev–Trinajstić information content (AvgIpc) is 3.13. The van der Waals surface area contributed by atoms with E-state index in [0.29, 0.717) is 5.69 Å². The second-order valence-corrected chi connectivity index (χ2v) is 5.32. The summed E-state index contributed by atoms with van der Waals surface area (Å²) in [6.45, 7) is 1.50. The first-order valence-corrected chi connectivity index (χ1v) is 7.85. The van der Waals surface area contributed by atoms with Crippen LogP contribution in [0.15, 0.2) is 65.9 Å². The Morgan fingerprint density at radius 1 is 1.23 bits per heavy atom. The van der Waals surface area contributed by atoms with E-state index in [0.717, 1.165) is 5.69 Å². The Morgan fingerprint density at radius 3 is 2.73 bits per heavy atom. The fraction of sp³-hybridized carbons (Fsp3) is 0.111. The molecule has 0 bridgehead atoms. The number of aromatic nitrogens is 3. The van der Waals surface area contributed by atoms with E-state index in [9.17, 15) is 9.18 Å². The Balaban J connectivity index is 1.56. The molecule has 0 saturated heterocycles. The molecular weight excluding hydrogens is 337 g/mol. The molecule has 0 saturated carbocycles. The van der Waals surface area contributed by atoms with Crippen LogP contribution in [-0.4, -0.2) is 33.2 Å². The summed E-state index contributed by atoms with van der Waals surface area (Å²) in [4.78, 5) is 13.4. The van der Waals surface area contributed by atoms with Crippen LogP contribution in [0, 0.1) is 5.82 Å². The van der Waals surface area contributed by atoms with Gasteiger partial charge in [0.05, 0.1) is 18.1 Å². The molecule has 0 aliphatic carbocycles. The highest BCUT2D eigenvalue weighted by atomic mass is 19.1. The lowest BCUT2D eigenvalue weighted by molar-refractivity contribution is -0.127. The molecule has 3 aromatic rings. The second kappa shape index (κ2) is 8.02. The summed E-state index contributed by atoms with van der Waals surface area (Å²) in [5, 5.41) is 12.2. The highest BCUT2D eigenvalue weighted by Crippen LogP contribution is 2.16. The van der Waals surface area contributed by atoms with Crippen molar-refractivity contribution in [1.29, 1.82) is 0 Å². The van der Waals surface area contributed by atoms with Gasteiger partial charge in [0, 0.05) is 0 Å². The van der Waals surface area contributed by atoms with Crippen molar-refractivity contribution in [3.63, 3.8) is 0 Å². The number of benzene rings is 2. The van der Waals surface area contributed by atoms with Crippen molar-refractivity contribution >= 4 is 12.1 Å². The molecule has 26 heavy (non-hydrogen) atoms. The Hall–Kier alpha value is -3.55. The summed E-state index contributed by atoms with van der Waals surface area (Å²) in [6, 6.07) is 15.3. The number of amides is 1. The number of hydrogen-bond donors (Lipinski definition) is 1. The number of nitrogens with one attached hydrogen (secondary N) is 1. The molecule has 0 unspecified atom stereocenters. The molecule has 1 N–H and O–H groups in total. The molecule has 8 heteroatoms. The quantitative estimate of drug-likeness (QED) is 0.545. The van der Waals surface area contributed by atoms with E-state index >= 15 is 0 Å². The van der Waals surface area contributed by atoms with Gasteiger partial charge in [-0.1, -0.05) is 30.3 Å². The van der Waals surface area contributed by atoms with Gasteiger partial charge in [-0.2, -0.15) is 15.0 Å². The second-order valence-electron chi connectivity index (χ2n) is 5.32. The summed E-state index contributed by atoms with van der Waals surface area (Å²) in [5.74, 6) is -1.04. The lowest BCUT2D eigenvalue weighted by Gasteiger charge is -2.13. The summed E-state index contributed by atoms with van der Waals surface area (Å²) in [6.07, 6.45) is 1.96. The molecule has 0 fully saturated rings. The number of carbonyl (C=O) groups excluding carboxylic acids is 1. The lowest BCUT2D eigenvalue weighted by Crippen LogP contribution is -2.33. The monoisotopic (exact) mass is 353 g/mol. The fourth-order valence-electron chi connectivity index (χ4n) is 2.06. The number of hydrogen-bond acceptors (Lipinski definition) is 5. The van der Waals surface area contributed by atoms with Gasteiger partial charge in [0.25, 0.3) is 5.91 Å². The minimum absolute atomic E-state index is 0.00457. The van der Waals surface area contributed by atoms with Crippen molar-refractivity contribution in [3.8, 4) is 11.4 Å². The van der Waals surface area contributed by atoms with Crippen molar-refractivity contribution in [2.45, 2.75) is 13.0 Å². The smallest absolute Gasteiger partial charge is 0.280 e. The zero-order valence-electron chi connectivity index (χ0n) is 13.9. The van der Waals surface area contributed by atoms with Crippen molar-refractivity contribution in [1.82, 2.24) is 20.4 Å². The third-order valence-corrected chi connectivity index (χ3v) is 3.38. The zero-order valence-corrected chi connectivity index (χ0v) is 13.9. The van der Waals surface area contributed by atoms with Gasteiger partial charge in [-0.15, -0.1) is 5.10 Å². The predicted molar refractivity (Wildman–Crippen MR) is 93.6 cm³/mol. The molecule has 0 aliphatic rings. The molecule has 0 spiro atoms. The van der Waals surface area contributed by atoms with E-state index < -0.39 is 17.8 Å². The van der Waals surface area contributed by atoms with Gasteiger partial charge in [-0.3, -0.25) is 4.79 Å². The first-order chi connectivity index (χ1) is 12.6. The highest BCUT2D eigenvalue weighted by Gasteiger charge is 2.15. The van der Waals surface area contributed by atoms with Gasteiger partial charge in [0.1, 0.15) is 5.69 Å². The van der Waals surface area contributed by atoms with Gasteiger partial charge in [0.15, 0.2) is 17.7 Å². The van der Waals surface area contributed by atoms with Crippen molar-refractivity contribution in [2.75, 3.05) is 0 Å². The molecule has 0 aliphatic heterocycles. The predicted octanol–water partition coefficient (Wildman–Crippen LogP) is 2.32. The summed E-state index contributed by atoms with van der Waals surface area (Å²) in [5.41, 5.74) is 3.60. The molecule has 2 aromatic carbocycles. The molecule has 1 amide bonds. The lowest BCUT2D eigenvalue weighted by atomic mass is 10.3. The Kier molecular flexibility index (Phi) is 5.33. The van der Waals surface area contributed by atoms with Crippen LogP contribution in [0.5, 0.6) is 5.75 Å². The first-order valence-electron chi connectivity index (χ1n) is 7.85. The maximum Gasteiger partial charge on any atom is 0.280 e. The minimum Gasteiger partial charge on any atom is -0.478 e. The van der Waals surface area contributed by atoms with Crippen molar-refractivity contribution in [3.05, 3.63) is 72.3 Å². The van der Waals surface area contributed by atoms with Crippen molar-refractivity contribution < 1.29 is 13.9 Å². The number of rotatable bonds is 6. The van der Waals surface area contributed by atoms with Crippen LogP contribution in [-0.2, 0) is 4.79 Å². The summed E-state index contributed by atoms with van der Waals surface area (Å²) >= 11 is 0. The third kappa shape index (κ3) is 4.29. The average molecular weight is 353 g/mol. The first kappa shape index (κ1) is 17.3. The number of carbonyl (C=O) groups is 1. The molecule has 7 nitrogen and oxygen atoms in total. The molecule has 1 aromatic heterocycles. The summed E-state index contributed by atoms with van der Waals surface area (Å²) < 4.78 is 18.8. The molecule has 1 heterocycles.